The van der Waals surface area contributed by atoms with Crippen LogP contribution in [0.3, 0.4) is 0 Å². The van der Waals surface area contributed by atoms with Crippen LogP contribution in [-0.2, 0) is 21.7 Å². The van der Waals surface area contributed by atoms with Crippen LogP contribution in [-0.4, -0.2) is 0 Å². The van der Waals surface area contributed by atoms with E-state index < -0.39 is 0 Å². The highest BCUT2D eigenvalue weighted by Gasteiger charge is 2.56. The van der Waals surface area contributed by atoms with Crippen molar-refractivity contribution in [3.63, 3.8) is 0 Å². The number of rotatable bonds is 7. The van der Waals surface area contributed by atoms with Crippen molar-refractivity contribution < 1.29 is 0 Å². The Morgan fingerprint density at radius 3 is 1.55 bits per heavy atom. The zero-order valence-corrected chi connectivity index (χ0v) is 41.3. The van der Waals surface area contributed by atoms with E-state index in [1.54, 1.807) is 22.3 Å². The lowest BCUT2D eigenvalue weighted by Gasteiger charge is -2.59. The van der Waals surface area contributed by atoms with E-state index >= 15 is 0 Å². The highest BCUT2D eigenvalue weighted by molar-refractivity contribution is 5.95. The maximum absolute atomic E-state index is 2.93. The number of benzene rings is 7. The largest absolute Gasteiger partial charge is 0.310 e. The molecule has 0 aromatic heterocycles. The predicted molar refractivity (Wildman–Crippen MR) is 287 cm³/mol. The van der Waals surface area contributed by atoms with Crippen LogP contribution in [0.2, 0.25) is 0 Å². The van der Waals surface area contributed by atoms with Crippen LogP contribution in [0.1, 0.15) is 138 Å². The Kier molecular flexibility index (Phi) is 8.63. The first-order valence-corrected chi connectivity index (χ1v) is 27.2. The summed E-state index contributed by atoms with van der Waals surface area (Å²) < 4.78 is 0. The predicted octanol–water partition coefficient (Wildman–Crippen LogP) is 18.0. The van der Waals surface area contributed by atoms with E-state index in [2.05, 4.69) is 184 Å². The first-order chi connectivity index (χ1) is 33.5. The molecule has 0 N–H and O–H groups in total. The van der Waals surface area contributed by atoms with Crippen molar-refractivity contribution in [1.82, 2.24) is 0 Å². The van der Waals surface area contributed by atoms with E-state index in [4.69, 9.17) is 0 Å². The van der Waals surface area contributed by atoms with E-state index in [0.717, 1.165) is 35.5 Å². The molecule has 0 amide bonds. The molecule has 0 radical (unpaired) electrons. The number of hydrogen-bond donors (Lipinski definition) is 0. The quantitative estimate of drug-likeness (QED) is 0.154. The highest BCUT2D eigenvalue weighted by atomic mass is 15.1. The van der Waals surface area contributed by atoms with Gasteiger partial charge < -0.3 is 4.90 Å². The summed E-state index contributed by atoms with van der Waals surface area (Å²) in [6.45, 7) is 10.0. The fourth-order valence-corrected chi connectivity index (χ4v) is 18.4. The van der Waals surface area contributed by atoms with Crippen LogP contribution in [0.5, 0.6) is 0 Å². The lowest BCUT2D eigenvalue weighted by atomic mass is 9.46. The van der Waals surface area contributed by atoms with Gasteiger partial charge in [0.15, 0.2) is 0 Å². The van der Waals surface area contributed by atoms with Crippen molar-refractivity contribution in [2.24, 2.45) is 35.5 Å². The molecule has 1 nitrogen and oxygen atoms in total. The van der Waals surface area contributed by atoms with Gasteiger partial charge in [0.05, 0.1) is 0 Å². The summed E-state index contributed by atoms with van der Waals surface area (Å²) in [4.78, 5) is 2.52. The Balaban J connectivity index is 0.905. The fourth-order valence-electron chi connectivity index (χ4n) is 18.4. The van der Waals surface area contributed by atoms with Crippen molar-refractivity contribution in [3.05, 3.63) is 185 Å². The van der Waals surface area contributed by atoms with Crippen LogP contribution >= 0.6 is 0 Å². The van der Waals surface area contributed by atoms with Crippen LogP contribution in [0, 0.1) is 35.5 Å². The maximum Gasteiger partial charge on any atom is 0.0467 e. The molecule has 0 saturated heterocycles. The van der Waals surface area contributed by atoms with Crippen molar-refractivity contribution in [2.45, 2.75) is 126 Å². The second-order valence-corrected chi connectivity index (χ2v) is 25.4. The molecule has 8 fully saturated rings. The summed E-state index contributed by atoms with van der Waals surface area (Å²) in [6.07, 6.45) is 17.5. The molecule has 69 heavy (non-hydrogen) atoms. The van der Waals surface area contributed by atoms with Gasteiger partial charge in [0.2, 0.25) is 0 Å². The SMILES string of the molecule is CC1(C)c2ccccc2-c2ccc(N(c3ccc(-c4ccccc4)cc3)c3cccc(-c4cccc5c4-c4cc(C67CC8CC(CC(C8)C6)C7)cc(C67CC8CC(CC(C8)C6)C7)c4C5(C)C)c3)cc21. The van der Waals surface area contributed by atoms with Gasteiger partial charge in [-0.3, -0.25) is 0 Å². The van der Waals surface area contributed by atoms with E-state index in [1.807, 2.05) is 0 Å². The number of fused-ring (bicyclic) bond motifs is 6. The molecule has 1 heteroatoms. The highest BCUT2D eigenvalue weighted by Crippen LogP contribution is 2.67. The Bertz CT molecular complexity index is 3160. The van der Waals surface area contributed by atoms with Gasteiger partial charge in [-0.1, -0.05) is 143 Å². The zero-order valence-electron chi connectivity index (χ0n) is 41.3. The first kappa shape index (κ1) is 41.2. The van der Waals surface area contributed by atoms with Gasteiger partial charge in [0.1, 0.15) is 0 Å². The molecule has 344 valence electrons. The van der Waals surface area contributed by atoms with Crippen molar-refractivity contribution in [3.8, 4) is 44.5 Å². The molecule has 7 aromatic carbocycles. The van der Waals surface area contributed by atoms with Gasteiger partial charge in [-0.2, -0.15) is 0 Å². The third kappa shape index (κ3) is 6.01. The van der Waals surface area contributed by atoms with Crippen LogP contribution in [0.15, 0.2) is 152 Å². The summed E-state index contributed by atoms with van der Waals surface area (Å²) in [5.41, 5.74) is 24.7. The number of hydrogen-bond acceptors (Lipinski definition) is 1. The normalized spacial score (nSPS) is 29.7. The molecule has 10 aliphatic carbocycles. The smallest absolute Gasteiger partial charge is 0.0467 e. The summed E-state index contributed by atoms with van der Waals surface area (Å²) >= 11 is 0. The standard InChI is InChI=1S/C68H67N/c1-65(2)59-18-9-8-16-56(59)57-25-24-54(35-61(57)65)69(52-22-20-49(21-23-52)48-12-6-5-7-13-48)53-15-10-14-50(32-53)55-17-11-19-60-63(55)58-33-51(67-36-42-26-43(37-67)28-44(27-42)38-67)34-62(64(58)66(60,3)4)68-39-45-29-46(40-68)31-47(30-45)41-68/h5-25,32-35,42-47H,26-31,36-41H2,1-4H3. The third-order valence-electron chi connectivity index (χ3n) is 20.5. The maximum atomic E-state index is 2.93. The average molecular weight is 898 g/mol. The monoisotopic (exact) mass is 898 g/mol. The second-order valence-electron chi connectivity index (χ2n) is 25.4. The Hall–Kier alpha value is -5.66. The number of anilines is 3. The van der Waals surface area contributed by atoms with E-state index in [-0.39, 0.29) is 10.8 Å². The fraction of sp³-hybridized carbons (Fsp3) is 0.382. The van der Waals surface area contributed by atoms with Crippen LogP contribution in [0.25, 0.3) is 44.5 Å². The topological polar surface area (TPSA) is 3.24 Å². The lowest BCUT2D eigenvalue weighted by molar-refractivity contribution is -0.00873. The molecular formula is C68H67N. The Labute approximate surface area is 411 Å². The summed E-state index contributed by atoms with van der Waals surface area (Å²) in [6, 6.07) is 59.1. The molecule has 0 spiro atoms. The van der Waals surface area contributed by atoms with Gasteiger partial charge in [-0.15, -0.1) is 0 Å². The minimum Gasteiger partial charge on any atom is -0.310 e. The van der Waals surface area contributed by atoms with Crippen molar-refractivity contribution >= 4 is 17.1 Å². The molecule has 0 aliphatic heterocycles. The summed E-state index contributed by atoms with van der Waals surface area (Å²) in [5.74, 6) is 5.55. The van der Waals surface area contributed by atoms with Crippen LogP contribution in [0.4, 0.5) is 17.1 Å². The van der Waals surface area contributed by atoms with E-state index in [9.17, 15) is 0 Å². The minimum atomic E-state index is -0.0958. The molecule has 0 unspecified atom stereocenters. The molecule has 10 aliphatic rings. The Morgan fingerprint density at radius 2 is 0.870 bits per heavy atom. The van der Waals surface area contributed by atoms with Gasteiger partial charge in [0, 0.05) is 27.9 Å². The van der Waals surface area contributed by atoms with E-state index in [0.29, 0.717) is 10.8 Å². The molecule has 8 saturated carbocycles. The first-order valence-electron chi connectivity index (χ1n) is 27.2. The number of nitrogens with zero attached hydrogens (tertiary/aromatic N) is 1. The van der Waals surface area contributed by atoms with E-state index in [1.165, 1.54) is 150 Å². The van der Waals surface area contributed by atoms with Gasteiger partial charge in [-0.05, 0) is 238 Å². The van der Waals surface area contributed by atoms with Crippen molar-refractivity contribution in [2.75, 3.05) is 4.90 Å². The third-order valence-corrected chi connectivity index (χ3v) is 20.5. The average Bonchev–Trinajstić information content (AvgIpc) is 3.73. The zero-order chi connectivity index (χ0) is 46.0. The molecule has 17 rings (SSSR count). The summed E-state index contributed by atoms with van der Waals surface area (Å²) in [5, 5.41) is 0. The summed E-state index contributed by atoms with van der Waals surface area (Å²) in [7, 11) is 0. The molecule has 0 heterocycles. The van der Waals surface area contributed by atoms with Crippen LogP contribution < -0.4 is 4.90 Å². The molecule has 8 bridgehead atoms. The lowest BCUT2D eigenvalue weighted by Crippen LogP contribution is -2.50. The van der Waals surface area contributed by atoms with Gasteiger partial charge >= 0.3 is 0 Å². The van der Waals surface area contributed by atoms with Gasteiger partial charge in [-0.25, -0.2) is 0 Å². The van der Waals surface area contributed by atoms with Gasteiger partial charge in [0.25, 0.3) is 0 Å². The molecule has 7 aromatic rings. The molecular weight excluding hydrogens is 831 g/mol. The minimum absolute atomic E-state index is 0.0711. The molecule has 0 atom stereocenters. The Morgan fingerprint density at radius 1 is 0.348 bits per heavy atom. The second kappa shape index (κ2) is 14.5. The van der Waals surface area contributed by atoms with Crippen molar-refractivity contribution in [1.29, 1.82) is 0 Å².